The molecule has 0 aliphatic heterocycles. The van der Waals surface area contributed by atoms with Crippen LogP contribution in [0.25, 0.3) is 0 Å². The highest BCUT2D eigenvalue weighted by Crippen LogP contribution is 2.17. The van der Waals surface area contributed by atoms with Crippen LogP contribution in [0.1, 0.15) is 22.8 Å². The molecule has 7 nitrogen and oxygen atoms in total. The molecule has 0 unspecified atom stereocenters. The molecule has 0 spiro atoms. The van der Waals surface area contributed by atoms with Crippen molar-refractivity contribution >= 4 is 27.5 Å². The highest BCUT2D eigenvalue weighted by molar-refractivity contribution is 7.89. The number of nitrogens with one attached hydrogen (secondary N) is 3. The number of halogens is 1. The minimum Gasteiger partial charge on any atom is -0.358 e. The van der Waals surface area contributed by atoms with Gasteiger partial charge in [-0.25, -0.2) is 12.8 Å². The number of likely N-dealkylation sites (N-methyl/N-ethyl adjacent to an activating group) is 1. The molecule has 27 heavy (non-hydrogen) atoms. The van der Waals surface area contributed by atoms with E-state index < -0.39 is 33.7 Å². The third-order valence-corrected chi connectivity index (χ3v) is 5.33. The fourth-order valence-electron chi connectivity index (χ4n) is 2.30. The monoisotopic (exact) mass is 393 g/mol. The number of carbonyl (C=O) groups excluding carboxylic acids is 2. The van der Waals surface area contributed by atoms with Gasteiger partial charge < -0.3 is 10.6 Å². The molecule has 0 saturated heterocycles. The maximum Gasteiger partial charge on any atom is 0.255 e. The molecule has 0 aliphatic carbocycles. The summed E-state index contributed by atoms with van der Waals surface area (Å²) >= 11 is 0. The standard InChI is InChI=1S/C18H20FN3O4S/c1-11-9-14(7-8-16(11)19)21-18(24)13-5-4-6-15(10-13)27(25,26)22-12(2)17(23)20-3/h4-10,12,22H,1-3H3,(H,20,23)(H,21,24)/t12-/m1/s1. The molecule has 0 radical (unpaired) electrons. The van der Waals surface area contributed by atoms with Gasteiger partial charge in [0.2, 0.25) is 15.9 Å². The Balaban J connectivity index is 2.21. The topological polar surface area (TPSA) is 104 Å². The zero-order valence-electron chi connectivity index (χ0n) is 15.0. The van der Waals surface area contributed by atoms with E-state index in [1.54, 1.807) is 6.92 Å². The van der Waals surface area contributed by atoms with E-state index in [9.17, 15) is 22.4 Å². The van der Waals surface area contributed by atoms with Gasteiger partial charge in [0.1, 0.15) is 5.82 Å². The van der Waals surface area contributed by atoms with Crippen LogP contribution in [-0.2, 0) is 14.8 Å². The Morgan fingerprint density at radius 3 is 2.44 bits per heavy atom. The van der Waals surface area contributed by atoms with Crippen LogP contribution in [0.3, 0.4) is 0 Å². The van der Waals surface area contributed by atoms with Crippen molar-refractivity contribution in [1.29, 1.82) is 0 Å². The number of aryl methyl sites for hydroxylation is 1. The largest absolute Gasteiger partial charge is 0.358 e. The lowest BCUT2D eigenvalue weighted by atomic mass is 10.2. The van der Waals surface area contributed by atoms with Gasteiger partial charge in [0, 0.05) is 18.3 Å². The zero-order chi connectivity index (χ0) is 20.2. The Morgan fingerprint density at radius 2 is 1.81 bits per heavy atom. The molecular formula is C18H20FN3O4S. The first-order valence-corrected chi connectivity index (χ1v) is 9.54. The molecule has 1 atom stereocenters. The van der Waals surface area contributed by atoms with Gasteiger partial charge in [0.25, 0.3) is 5.91 Å². The van der Waals surface area contributed by atoms with Gasteiger partial charge in [-0.1, -0.05) is 6.07 Å². The molecule has 0 bridgehead atoms. The van der Waals surface area contributed by atoms with Crippen LogP contribution in [-0.4, -0.2) is 33.3 Å². The van der Waals surface area contributed by atoms with Gasteiger partial charge in [-0.15, -0.1) is 0 Å². The molecule has 0 fully saturated rings. The molecule has 2 aromatic carbocycles. The molecule has 0 aromatic heterocycles. The molecule has 0 aliphatic rings. The smallest absolute Gasteiger partial charge is 0.255 e. The Hall–Kier alpha value is -2.78. The van der Waals surface area contributed by atoms with E-state index in [0.29, 0.717) is 11.3 Å². The molecule has 3 N–H and O–H groups in total. The number of amides is 2. The lowest BCUT2D eigenvalue weighted by Crippen LogP contribution is -2.43. The fourth-order valence-corrected chi connectivity index (χ4v) is 3.55. The molecule has 0 heterocycles. The number of benzene rings is 2. The predicted molar refractivity (Wildman–Crippen MR) is 99.4 cm³/mol. The molecule has 0 saturated carbocycles. The van der Waals surface area contributed by atoms with E-state index >= 15 is 0 Å². The second-order valence-corrected chi connectivity index (χ2v) is 7.62. The summed E-state index contributed by atoms with van der Waals surface area (Å²) in [7, 11) is -2.60. The van der Waals surface area contributed by atoms with Crippen molar-refractivity contribution in [3.63, 3.8) is 0 Å². The summed E-state index contributed by atoms with van der Waals surface area (Å²) in [6.45, 7) is 2.97. The highest BCUT2D eigenvalue weighted by Gasteiger charge is 2.22. The number of carbonyl (C=O) groups is 2. The molecule has 9 heteroatoms. The lowest BCUT2D eigenvalue weighted by molar-refractivity contribution is -0.121. The van der Waals surface area contributed by atoms with Crippen LogP contribution in [0.4, 0.5) is 10.1 Å². The Bertz CT molecular complexity index is 976. The van der Waals surface area contributed by atoms with Crippen LogP contribution in [0.5, 0.6) is 0 Å². The van der Waals surface area contributed by atoms with E-state index in [1.165, 1.54) is 56.4 Å². The summed E-state index contributed by atoms with van der Waals surface area (Å²) in [5.41, 5.74) is 0.863. The average Bonchev–Trinajstić information content (AvgIpc) is 2.63. The SMILES string of the molecule is CNC(=O)[C@@H](C)NS(=O)(=O)c1cccc(C(=O)Nc2ccc(F)c(C)c2)c1. The summed E-state index contributed by atoms with van der Waals surface area (Å²) in [6.07, 6.45) is 0. The summed E-state index contributed by atoms with van der Waals surface area (Å²) in [4.78, 5) is 23.8. The van der Waals surface area contributed by atoms with Crippen molar-refractivity contribution in [1.82, 2.24) is 10.0 Å². The van der Waals surface area contributed by atoms with Crippen LogP contribution >= 0.6 is 0 Å². The van der Waals surface area contributed by atoms with Crippen molar-refractivity contribution in [2.45, 2.75) is 24.8 Å². The van der Waals surface area contributed by atoms with Gasteiger partial charge in [-0.2, -0.15) is 4.72 Å². The first-order valence-electron chi connectivity index (χ1n) is 8.05. The van der Waals surface area contributed by atoms with Crippen LogP contribution in [0.2, 0.25) is 0 Å². The summed E-state index contributed by atoms with van der Waals surface area (Å²) < 4.78 is 40.4. The quantitative estimate of drug-likeness (QED) is 0.696. The summed E-state index contributed by atoms with van der Waals surface area (Å²) in [5, 5.41) is 4.94. The maximum atomic E-state index is 13.3. The van der Waals surface area contributed by atoms with E-state index in [-0.39, 0.29) is 10.5 Å². The van der Waals surface area contributed by atoms with Gasteiger partial charge in [0.05, 0.1) is 10.9 Å². The third kappa shape index (κ3) is 5.11. The van der Waals surface area contributed by atoms with Gasteiger partial charge >= 0.3 is 0 Å². The zero-order valence-corrected chi connectivity index (χ0v) is 15.9. The number of sulfonamides is 1. The minimum absolute atomic E-state index is 0.104. The number of hydrogen-bond donors (Lipinski definition) is 3. The van der Waals surface area contributed by atoms with Crippen LogP contribution in [0, 0.1) is 12.7 Å². The third-order valence-electron chi connectivity index (χ3n) is 3.79. The Kier molecular flexibility index (Phi) is 6.29. The van der Waals surface area contributed by atoms with E-state index in [2.05, 4.69) is 15.4 Å². The summed E-state index contributed by atoms with van der Waals surface area (Å²) in [5.74, 6) is -1.42. The first-order chi connectivity index (χ1) is 12.6. The minimum atomic E-state index is -4.00. The average molecular weight is 393 g/mol. The second-order valence-electron chi connectivity index (χ2n) is 5.90. The Morgan fingerprint density at radius 1 is 1.11 bits per heavy atom. The van der Waals surface area contributed by atoms with Crippen molar-refractivity contribution < 1.29 is 22.4 Å². The first kappa shape index (κ1) is 20.5. The van der Waals surface area contributed by atoms with E-state index in [0.717, 1.165) is 0 Å². The van der Waals surface area contributed by atoms with Gasteiger partial charge in [-0.05, 0) is 55.8 Å². The molecule has 2 rings (SSSR count). The van der Waals surface area contributed by atoms with Crippen molar-refractivity contribution in [3.8, 4) is 0 Å². The summed E-state index contributed by atoms with van der Waals surface area (Å²) in [6, 6.07) is 8.53. The molecule has 2 aromatic rings. The van der Waals surface area contributed by atoms with Crippen molar-refractivity contribution in [2.75, 3.05) is 12.4 Å². The number of hydrogen-bond acceptors (Lipinski definition) is 4. The fraction of sp³-hybridized carbons (Fsp3) is 0.222. The van der Waals surface area contributed by atoms with Crippen molar-refractivity contribution in [2.24, 2.45) is 0 Å². The highest BCUT2D eigenvalue weighted by atomic mass is 32.2. The lowest BCUT2D eigenvalue weighted by Gasteiger charge is -2.13. The number of rotatable bonds is 6. The van der Waals surface area contributed by atoms with Gasteiger partial charge in [-0.3, -0.25) is 9.59 Å². The molecule has 144 valence electrons. The van der Waals surface area contributed by atoms with E-state index in [4.69, 9.17) is 0 Å². The molecular weight excluding hydrogens is 373 g/mol. The van der Waals surface area contributed by atoms with Gasteiger partial charge in [0.15, 0.2) is 0 Å². The molecule has 2 amide bonds. The number of anilines is 1. The normalized spacial score (nSPS) is 12.3. The maximum absolute atomic E-state index is 13.3. The van der Waals surface area contributed by atoms with Crippen LogP contribution in [0.15, 0.2) is 47.4 Å². The second kappa shape index (κ2) is 8.28. The van der Waals surface area contributed by atoms with Crippen molar-refractivity contribution in [3.05, 3.63) is 59.4 Å². The van der Waals surface area contributed by atoms with Crippen LogP contribution < -0.4 is 15.4 Å². The Labute approximate surface area is 157 Å². The predicted octanol–water partition coefficient (Wildman–Crippen LogP) is 1.80. The van der Waals surface area contributed by atoms with E-state index in [1.807, 2.05) is 0 Å².